The van der Waals surface area contributed by atoms with Crippen molar-refractivity contribution in [1.29, 1.82) is 0 Å². The summed E-state index contributed by atoms with van der Waals surface area (Å²) in [7, 11) is 1.57. The van der Waals surface area contributed by atoms with Gasteiger partial charge in [-0.2, -0.15) is 0 Å². The van der Waals surface area contributed by atoms with Crippen LogP contribution >= 0.6 is 0 Å². The fraction of sp³-hybridized carbons (Fsp3) is 0.185. The second-order valence-corrected chi connectivity index (χ2v) is 8.37. The van der Waals surface area contributed by atoms with Crippen LogP contribution in [0.25, 0.3) is 33.6 Å². The number of nitrogens with one attached hydrogen (secondary N) is 1. The predicted octanol–water partition coefficient (Wildman–Crippen LogP) is 4.24. The number of carbonyl (C=O) groups is 2. The van der Waals surface area contributed by atoms with E-state index in [1.165, 1.54) is 20.2 Å². The number of alkyl halides is 1. The molecule has 4 rings (SSSR count). The van der Waals surface area contributed by atoms with Gasteiger partial charge in [-0.15, -0.1) is 0 Å². The molecular weight excluding hydrogens is 459 g/mol. The highest BCUT2D eigenvalue weighted by atomic mass is 19.1. The van der Waals surface area contributed by atoms with Crippen molar-refractivity contribution >= 4 is 12.3 Å². The van der Waals surface area contributed by atoms with E-state index in [0.717, 1.165) is 33.5 Å². The molecule has 2 amide bonds. The topological polar surface area (TPSA) is 124 Å². The van der Waals surface area contributed by atoms with E-state index in [1.807, 2.05) is 37.3 Å². The van der Waals surface area contributed by atoms with E-state index in [1.54, 1.807) is 37.6 Å². The van der Waals surface area contributed by atoms with Crippen molar-refractivity contribution in [2.24, 2.45) is 5.73 Å². The van der Waals surface area contributed by atoms with Crippen LogP contribution in [-0.4, -0.2) is 39.3 Å². The lowest BCUT2D eigenvalue weighted by molar-refractivity contribution is -0.106. The standard InChI is InChI=1S/C26H24FN5O.CH3NO/c1-16-5-6-17(18-7-10-30-24(13-18)26(2,3)27)11-20(16)22-14-21(31-15-32-22)19-8-9-29-23(12-19)25(33)28-4;2-1-3/h5-15H,1-4H3,(H,28,33);1H,(H2,2,3). The van der Waals surface area contributed by atoms with E-state index in [2.05, 4.69) is 31.0 Å². The molecule has 0 unspecified atom stereocenters. The van der Waals surface area contributed by atoms with Crippen LogP contribution < -0.4 is 11.1 Å². The predicted molar refractivity (Wildman–Crippen MR) is 136 cm³/mol. The van der Waals surface area contributed by atoms with Gasteiger partial charge in [0.15, 0.2) is 0 Å². The highest BCUT2D eigenvalue weighted by Gasteiger charge is 2.21. The first-order chi connectivity index (χ1) is 17.2. The van der Waals surface area contributed by atoms with Crippen LogP contribution in [0.5, 0.6) is 0 Å². The lowest BCUT2D eigenvalue weighted by Crippen LogP contribution is -2.19. The third-order valence-electron chi connectivity index (χ3n) is 5.40. The van der Waals surface area contributed by atoms with Gasteiger partial charge >= 0.3 is 0 Å². The van der Waals surface area contributed by atoms with Gasteiger partial charge in [-0.05, 0) is 73.9 Å². The first-order valence-corrected chi connectivity index (χ1v) is 11.1. The van der Waals surface area contributed by atoms with Gasteiger partial charge in [0.1, 0.15) is 17.7 Å². The first-order valence-electron chi connectivity index (χ1n) is 11.1. The minimum Gasteiger partial charge on any atom is -0.372 e. The second-order valence-electron chi connectivity index (χ2n) is 8.37. The molecule has 0 saturated carbocycles. The highest BCUT2D eigenvalue weighted by Crippen LogP contribution is 2.32. The minimum absolute atomic E-state index is 0.250. The molecule has 3 N–H and O–H groups in total. The molecule has 3 aromatic heterocycles. The van der Waals surface area contributed by atoms with Crippen molar-refractivity contribution in [2.45, 2.75) is 26.4 Å². The number of amides is 2. The molecule has 9 heteroatoms. The molecule has 1 aromatic carbocycles. The largest absolute Gasteiger partial charge is 0.372 e. The number of primary amides is 1. The first kappa shape index (κ1) is 26.1. The monoisotopic (exact) mass is 486 g/mol. The van der Waals surface area contributed by atoms with Gasteiger partial charge in [-0.1, -0.05) is 12.1 Å². The summed E-state index contributed by atoms with van der Waals surface area (Å²) in [6.07, 6.45) is 4.97. The molecule has 0 bridgehead atoms. The number of pyridine rings is 2. The summed E-state index contributed by atoms with van der Waals surface area (Å²) in [4.78, 5) is 37.7. The lowest BCUT2D eigenvalue weighted by Gasteiger charge is -2.15. The van der Waals surface area contributed by atoms with Gasteiger partial charge in [0.2, 0.25) is 6.41 Å². The van der Waals surface area contributed by atoms with Gasteiger partial charge in [0.05, 0.1) is 17.1 Å². The number of aromatic nitrogens is 4. The molecule has 0 spiro atoms. The summed E-state index contributed by atoms with van der Waals surface area (Å²) in [6, 6.07) is 15.1. The van der Waals surface area contributed by atoms with Crippen LogP contribution in [0.2, 0.25) is 0 Å². The molecule has 0 radical (unpaired) electrons. The molecule has 0 saturated heterocycles. The number of nitrogens with two attached hydrogens (primary N) is 1. The van der Waals surface area contributed by atoms with Crippen LogP contribution in [0.4, 0.5) is 4.39 Å². The molecule has 3 heterocycles. The Morgan fingerprint density at radius 3 is 2.25 bits per heavy atom. The van der Waals surface area contributed by atoms with Crippen molar-refractivity contribution in [2.75, 3.05) is 7.05 Å². The number of hydrogen-bond acceptors (Lipinski definition) is 6. The Morgan fingerprint density at radius 1 is 0.917 bits per heavy atom. The van der Waals surface area contributed by atoms with E-state index in [-0.39, 0.29) is 12.3 Å². The van der Waals surface area contributed by atoms with Crippen molar-refractivity contribution in [3.8, 4) is 33.6 Å². The summed E-state index contributed by atoms with van der Waals surface area (Å²) < 4.78 is 14.4. The number of nitrogens with zero attached hydrogens (tertiary/aromatic N) is 4. The Kier molecular flexibility index (Phi) is 8.16. The Bertz CT molecular complexity index is 1380. The van der Waals surface area contributed by atoms with Crippen molar-refractivity contribution < 1.29 is 14.0 Å². The average Bonchev–Trinajstić information content (AvgIpc) is 2.88. The fourth-order valence-electron chi connectivity index (χ4n) is 3.52. The van der Waals surface area contributed by atoms with E-state index in [4.69, 9.17) is 4.79 Å². The molecule has 4 aromatic rings. The maximum Gasteiger partial charge on any atom is 0.269 e. The van der Waals surface area contributed by atoms with Gasteiger partial charge < -0.3 is 11.1 Å². The van der Waals surface area contributed by atoms with Gasteiger partial charge in [-0.3, -0.25) is 19.6 Å². The van der Waals surface area contributed by atoms with Crippen LogP contribution in [0.3, 0.4) is 0 Å². The summed E-state index contributed by atoms with van der Waals surface area (Å²) in [6.45, 7) is 5.01. The molecule has 36 heavy (non-hydrogen) atoms. The normalized spacial score (nSPS) is 10.7. The van der Waals surface area contributed by atoms with Crippen molar-refractivity contribution in [3.63, 3.8) is 0 Å². The average molecular weight is 487 g/mol. The zero-order valence-corrected chi connectivity index (χ0v) is 20.5. The van der Waals surface area contributed by atoms with Crippen LogP contribution in [0, 0.1) is 6.92 Å². The van der Waals surface area contributed by atoms with Crippen molar-refractivity contribution in [3.05, 3.63) is 84.2 Å². The quantitative estimate of drug-likeness (QED) is 0.407. The number of hydrogen-bond donors (Lipinski definition) is 2. The number of aryl methyl sites for hydroxylation is 1. The molecule has 184 valence electrons. The lowest BCUT2D eigenvalue weighted by atomic mass is 9.96. The summed E-state index contributed by atoms with van der Waals surface area (Å²) in [5.74, 6) is -0.261. The Hall–Kier alpha value is -4.53. The third kappa shape index (κ3) is 6.12. The molecular formula is C27H27FN6O2. The smallest absolute Gasteiger partial charge is 0.269 e. The number of benzene rings is 1. The third-order valence-corrected chi connectivity index (χ3v) is 5.40. The number of rotatable bonds is 5. The van der Waals surface area contributed by atoms with Crippen LogP contribution in [0.1, 0.15) is 35.6 Å². The van der Waals surface area contributed by atoms with E-state index >= 15 is 0 Å². The zero-order chi connectivity index (χ0) is 26.3. The maximum atomic E-state index is 14.4. The van der Waals surface area contributed by atoms with Gasteiger partial charge in [0, 0.05) is 30.6 Å². The Morgan fingerprint density at radius 2 is 1.56 bits per heavy atom. The summed E-state index contributed by atoms with van der Waals surface area (Å²) >= 11 is 0. The number of halogens is 1. The highest BCUT2D eigenvalue weighted by molar-refractivity contribution is 5.93. The van der Waals surface area contributed by atoms with Crippen LogP contribution in [0.15, 0.2) is 67.3 Å². The second kappa shape index (κ2) is 11.3. The molecule has 8 nitrogen and oxygen atoms in total. The minimum atomic E-state index is -1.52. The summed E-state index contributed by atoms with van der Waals surface area (Å²) in [5.41, 5.74) is 9.35. The van der Waals surface area contributed by atoms with Gasteiger partial charge in [-0.25, -0.2) is 14.4 Å². The number of carbonyl (C=O) groups excluding carboxylic acids is 2. The van der Waals surface area contributed by atoms with E-state index in [0.29, 0.717) is 17.1 Å². The fourth-order valence-corrected chi connectivity index (χ4v) is 3.52. The molecule has 0 aliphatic rings. The van der Waals surface area contributed by atoms with Crippen molar-refractivity contribution in [1.82, 2.24) is 25.3 Å². The molecule has 0 aliphatic carbocycles. The Balaban J connectivity index is 0.00000115. The Labute approximate surface area is 208 Å². The SMILES string of the molecule is CNC(=O)c1cc(-c2cc(-c3cc(-c4ccnc(C(C)(C)F)c4)ccc3C)ncn2)ccn1.NC=O. The molecule has 0 atom stereocenters. The maximum absolute atomic E-state index is 14.4. The van der Waals surface area contributed by atoms with Crippen LogP contribution in [-0.2, 0) is 10.5 Å². The van der Waals surface area contributed by atoms with Gasteiger partial charge in [0.25, 0.3) is 5.91 Å². The molecule has 0 aliphatic heterocycles. The zero-order valence-electron chi connectivity index (χ0n) is 20.5. The molecule has 0 fully saturated rings. The van der Waals surface area contributed by atoms with E-state index in [9.17, 15) is 9.18 Å². The summed E-state index contributed by atoms with van der Waals surface area (Å²) in [5, 5.41) is 2.58. The van der Waals surface area contributed by atoms with E-state index < -0.39 is 5.67 Å².